The van der Waals surface area contributed by atoms with Crippen molar-refractivity contribution in [1.82, 2.24) is 0 Å². The second-order valence-corrected chi connectivity index (χ2v) is 6.14. The van der Waals surface area contributed by atoms with Crippen LogP contribution in [0.1, 0.15) is 6.92 Å². The highest BCUT2D eigenvalue weighted by atomic mass is 32.2. The van der Waals surface area contributed by atoms with Crippen LogP contribution in [0, 0.1) is 10.1 Å². The molecular formula is C18H17N3O5S. The zero-order valence-corrected chi connectivity index (χ0v) is 15.3. The average molecular weight is 387 g/mol. The number of aliphatic hydroxyl groups excluding tert-OH is 1. The molecule has 2 aromatic rings. The summed E-state index contributed by atoms with van der Waals surface area (Å²) in [6, 6.07) is 14.7. The Morgan fingerprint density at radius 2 is 1.85 bits per heavy atom. The summed E-state index contributed by atoms with van der Waals surface area (Å²) in [5.74, 6) is -0.959. The Morgan fingerprint density at radius 3 is 2.44 bits per heavy atom. The number of aliphatic hydroxyl groups is 1. The number of carbonyl (C=O) groups excluding carboxylic acids is 1. The fourth-order valence-electron chi connectivity index (χ4n) is 1.90. The van der Waals surface area contributed by atoms with Crippen LogP contribution in [0.4, 0.5) is 11.4 Å². The van der Waals surface area contributed by atoms with Crippen molar-refractivity contribution in [3.63, 3.8) is 0 Å². The predicted molar refractivity (Wildman–Crippen MR) is 101 cm³/mol. The number of esters is 1. The number of ether oxygens (including phenoxy) is 1. The van der Waals surface area contributed by atoms with Crippen LogP contribution in [0.3, 0.4) is 0 Å². The SMILES string of the molecule is CCOC(=O)/C(N=Nc1ccc([N+](=O)[O-])cc1)=C(/O)CSc1ccccc1. The number of non-ortho nitro benzene ring substituents is 1. The van der Waals surface area contributed by atoms with Crippen LogP contribution < -0.4 is 0 Å². The molecule has 1 N–H and O–H groups in total. The zero-order chi connectivity index (χ0) is 19.6. The molecule has 0 aliphatic carbocycles. The van der Waals surface area contributed by atoms with Crippen molar-refractivity contribution < 1.29 is 19.6 Å². The highest BCUT2D eigenvalue weighted by Gasteiger charge is 2.17. The molecule has 2 rings (SSSR count). The number of nitrogens with zero attached hydrogens (tertiary/aromatic N) is 3. The molecule has 0 aromatic heterocycles. The summed E-state index contributed by atoms with van der Waals surface area (Å²) < 4.78 is 4.91. The molecule has 0 aliphatic heterocycles. The van der Waals surface area contributed by atoms with Crippen LogP contribution in [0.5, 0.6) is 0 Å². The molecule has 0 aliphatic rings. The molecule has 140 valence electrons. The smallest absolute Gasteiger partial charge is 0.362 e. The van der Waals surface area contributed by atoms with E-state index in [-0.39, 0.29) is 29.5 Å². The second kappa shape index (κ2) is 10.1. The number of nitro groups is 1. The van der Waals surface area contributed by atoms with E-state index >= 15 is 0 Å². The average Bonchev–Trinajstić information content (AvgIpc) is 2.68. The summed E-state index contributed by atoms with van der Waals surface area (Å²) in [6.45, 7) is 1.76. The van der Waals surface area contributed by atoms with Crippen molar-refractivity contribution in [1.29, 1.82) is 0 Å². The molecule has 0 saturated heterocycles. The third-order valence-corrected chi connectivity index (χ3v) is 4.21. The van der Waals surface area contributed by atoms with Crippen LogP contribution in [-0.4, -0.2) is 28.4 Å². The molecule has 0 amide bonds. The maximum Gasteiger partial charge on any atom is 0.362 e. The quantitative estimate of drug-likeness (QED) is 0.132. The first-order chi connectivity index (χ1) is 13.0. The van der Waals surface area contributed by atoms with Crippen molar-refractivity contribution in [2.45, 2.75) is 11.8 Å². The van der Waals surface area contributed by atoms with E-state index in [1.54, 1.807) is 6.92 Å². The lowest BCUT2D eigenvalue weighted by molar-refractivity contribution is -0.384. The van der Waals surface area contributed by atoms with Gasteiger partial charge in [-0.3, -0.25) is 10.1 Å². The molecule has 9 heteroatoms. The Kier molecular flexibility index (Phi) is 7.50. The highest BCUT2D eigenvalue weighted by molar-refractivity contribution is 7.99. The van der Waals surface area contributed by atoms with E-state index in [1.165, 1.54) is 36.0 Å². The lowest BCUT2D eigenvalue weighted by Gasteiger charge is -2.06. The van der Waals surface area contributed by atoms with E-state index in [0.717, 1.165) is 4.90 Å². The van der Waals surface area contributed by atoms with E-state index < -0.39 is 10.9 Å². The number of hydrogen-bond donors (Lipinski definition) is 1. The van der Waals surface area contributed by atoms with Gasteiger partial charge in [-0.15, -0.1) is 16.9 Å². The Hall–Kier alpha value is -3.20. The molecule has 8 nitrogen and oxygen atoms in total. The van der Waals surface area contributed by atoms with Crippen molar-refractivity contribution >= 4 is 29.1 Å². The van der Waals surface area contributed by atoms with Crippen LogP contribution in [0.15, 0.2) is 81.2 Å². The van der Waals surface area contributed by atoms with Crippen molar-refractivity contribution in [3.8, 4) is 0 Å². The van der Waals surface area contributed by atoms with Crippen LogP contribution in [-0.2, 0) is 9.53 Å². The number of azo groups is 1. The second-order valence-electron chi connectivity index (χ2n) is 5.09. The highest BCUT2D eigenvalue weighted by Crippen LogP contribution is 2.23. The van der Waals surface area contributed by atoms with Gasteiger partial charge in [0.25, 0.3) is 5.69 Å². The lowest BCUT2D eigenvalue weighted by atomic mass is 10.3. The molecule has 0 bridgehead atoms. The van der Waals surface area contributed by atoms with Gasteiger partial charge in [-0.2, -0.15) is 5.11 Å². The van der Waals surface area contributed by atoms with Gasteiger partial charge >= 0.3 is 5.97 Å². The summed E-state index contributed by atoms with van der Waals surface area (Å²) in [7, 11) is 0. The molecule has 27 heavy (non-hydrogen) atoms. The van der Waals surface area contributed by atoms with E-state index in [9.17, 15) is 20.0 Å². The third-order valence-electron chi connectivity index (χ3n) is 3.19. The minimum atomic E-state index is -0.797. The van der Waals surface area contributed by atoms with Gasteiger partial charge in [0, 0.05) is 17.0 Å². The maximum atomic E-state index is 12.1. The predicted octanol–water partition coefficient (Wildman–Crippen LogP) is 4.80. The van der Waals surface area contributed by atoms with E-state index in [0.29, 0.717) is 5.69 Å². The molecule has 0 unspecified atom stereocenters. The number of benzene rings is 2. The first-order valence-corrected chi connectivity index (χ1v) is 8.93. The molecule has 0 saturated carbocycles. The minimum absolute atomic E-state index is 0.0859. The number of carbonyl (C=O) groups is 1. The normalized spacial score (nSPS) is 11.9. The molecule has 0 radical (unpaired) electrons. The molecule has 0 fully saturated rings. The van der Waals surface area contributed by atoms with Gasteiger partial charge < -0.3 is 9.84 Å². The minimum Gasteiger partial charge on any atom is -0.509 e. The van der Waals surface area contributed by atoms with Crippen LogP contribution in [0.25, 0.3) is 0 Å². The van der Waals surface area contributed by atoms with Crippen molar-refractivity contribution in [3.05, 3.63) is 76.2 Å². The van der Waals surface area contributed by atoms with Crippen LogP contribution >= 0.6 is 11.8 Å². The summed E-state index contributed by atoms with van der Waals surface area (Å²) >= 11 is 1.33. The summed E-state index contributed by atoms with van der Waals surface area (Å²) in [5, 5.41) is 28.6. The molecule has 0 spiro atoms. The first-order valence-electron chi connectivity index (χ1n) is 7.94. The summed E-state index contributed by atoms with van der Waals surface area (Å²) in [4.78, 5) is 23.1. The fourth-order valence-corrected chi connectivity index (χ4v) is 2.69. The monoisotopic (exact) mass is 387 g/mol. The number of nitro benzene ring substituents is 1. The third kappa shape index (κ3) is 6.23. The van der Waals surface area contributed by atoms with Gasteiger partial charge in [-0.25, -0.2) is 4.79 Å². The summed E-state index contributed by atoms with van der Waals surface area (Å²) in [6.07, 6.45) is 0. The van der Waals surface area contributed by atoms with Crippen LogP contribution in [0.2, 0.25) is 0 Å². The van der Waals surface area contributed by atoms with Gasteiger partial charge in [0.05, 0.1) is 23.0 Å². The fraction of sp³-hybridized carbons (Fsp3) is 0.167. The number of thioether (sulfide) groups is 1. The Bertz CT molecular complexity index is 851. The van der Waals surface area contributed by atoms with E-state index in [4.69, 9.17) is 4.74 Å². The number of hydrogen-bond acceptors (Lipinski definition) is 8. The van der Waals surface area contributed by atoms with Gasteiger partial charge in [-0.05, 0) is 31.2 Å². The Labute approximate surface area is 159 Å². The first kappa shape index (κ1) is 20.1. The number of rotatable bonds is 8. The van der Waals surface area contributed by atoms with Gasteiger partial charge in [-0.1, -0.05) is 18.2 Å². The topological polar surface area (TPSA) is 114 Å². The Balaban J connectivity index is 2.19. The standard InChI is InChI=1S/C18H17N3O5S/c1-2-26-18(23)17(16(22)12-27-15-6-4-3-5-7-15)20-19-13-8-10-14(11-9-13)21(24)25/h3-11,22H,2,12H2,1H3/b17-16-,20-19?. The summed E-state index contributed by atoms with van der Waals surface area (Å²) in [5.41, 5.74) is -0.0956. The van der Waals surface area contributed by atoms with Crippen molar-refractivity contribution in [2.75, 3.05) is 12.4 Å². The van der Waals surface area contributed by atoms with Crippen molar-refractivity contribution in [2.24, 2.45) is 10.2 Å². The maximum absolute atomic E-state index is 12.1. The zero-order valence-electron chi connectivity index (χ0n) is 14.4. The largest absolute Gasteiger partial charge is 0.509 e. The molecular weight excluding hydrogens is 370 g/mol. The van der Waals surface area contributed by atoms with Gasteiger partial charge in [0.2, 0.25) is 5.70 Å². The molecule has 0 heterocycles. The molecule has 2 aromatic carbocycles. The van der Waals surface area contributed by atoms with E-state index in [2.05, 4.69) is 10.2 Å². The Morgan fingerprint density at radius 1 is 1.19 bits per heavy atom. The lowest BCUT2D eigenvalue weighted by Crippen LogP contribution is -2.09. The molecule has 0 atom stereocenters. The van der Waals surface area contributed by atoms with Gasteiger partial charge in [0.1, 0.15) is 5.76 Å². The van der Waals surface area contributed by atoms with Gasteiger partial charge in [0.15, 0.2) is 0 Å². The van der Waals surface area contributed by atoms with E-state index in [1.807, 2.05) is 30.3 Å².